The summed E-state index contributed by atoms with van der Waals surface area (Å²) in [5, 5.41) is 19.9. The Bertz CT molecular complexity index is 530. The Kier molecular flexibility index (Phi) is 4.85. The molecule has 0 heterocycles. The minimum atomic E-state index is -0.592. The molecule has 23 heavy (non-hydrogen) atoms. The maximum Gasteiger partial charge on any atom is 0.0811 e. The predicted octanol–water partition coefficient (Wildman–Crippen LogP) is 4.35. The van der Waals surface area contributed by atoms with Crippen molar-refractivity contribution in [2.75, 3.05) is 0 Å². The molecule has 0 spiro atoms. The molecule has 0 aliphatic heterocycles. The Morgan fingerprint density at radius 1 is 1.22 bits per heavy atom. The Morgan fingerprint density at radius 3 is 2.74 bits per heavy atom. The molecule has 0 bridgehead atoms. The van der Waals surface area contributed by atoms with E-state index in [0.717, 1.165) is 17.1 Å². The highest BCUT2D eigenvalue weighted by Gasteiger charge is 2.48. The average Bonchev–Trinajstić information content (AvgIpc) is 2.86. The van der Waals surface area contributed by atoms with Gasteiger partial charge in [-0.2, -0.15) is 0 Å². The van der Waals surface area contributed by atoms with Gasteiger partial charge in [-0.15, -0.1) is 0 Å². The van der Waals surface area contributed by atoms with Crippen LogP contribution in [0.1, 0.15) is 58.8 Å². The second-order valence-corrected chi connectivity index (χ2v) is 8.00. The molecule has 3 fully saturated rings. The Balaban J connectivity index is 1.82. The molecule has 0 amide bonds. The quantitative estimate of drug-likeness (QED) is 0.795. The van der Waals surface area contributed by atoms with Gasteiger partial charge in [0.1, 0.15) is 0 Å². The summed E-state index contributed by atoms with van der Waals surface area (Å²) in [5.41, 5.74) is 3.81. The van der Waals surface area contributed by atoms with Crippen molar-refractivity contribution in [2.45, 2.75) is 71.0 Å². The van der Waals surface area contributed by atoms with E-state index in [4.69, 9.17) is 0 Å². The van der Waals surface area contributed by atoms with Gasteiger partial charge in [0, 0.05) is 6.42 Å². The van der Waals surface area contributed by atoms with Crippen molar-refractivity contribution in [3.8, 4) is 0 Å². The zero-order chi connectivity index (χ0) is 16.6. The van der Waals surface area contributed by atoms with E-state index in [2.05, 4.69) is 39.0 Å². The molecule has 3 saturated carbocycles. The minimum absolute atomic E-state index is 0.418. The van der Waals surface area contributed by atoms with Crippen molar-refractivity contribution in [3.63, 3.8) is 0 Å². The molecule has 1 radical (unpaired) electrons. The van der Waals surface area contributed by atoms with Crippen LogP contribution in [0.4, 0.5) is 0 Å². The number of allylic oxidation sites excluding steroid dienone is 3. The zero-order valence-electron chi connectivity index (χ0n) is 14.6. The zero-order valence-corrected chi connectivity index (χ0v) is 14.6. The lowest BCUT2D eigenvalue weighted by molar-refractivity contribution is 0.0862. The highest BCUT2D eigenvalue weighted by Crippen LogP contribution is 2.58. The fourth-order valence-electron chi connectivity index (χ4n) is 5.29. The lowest BCUT2D eigenvalue weighted by Gasteiger charge is -2.42. The maximum absolute atomic E-state index is 9.99. The Hall–Kier alpha value is -0.860. The molecule has 0 aromatic rings. The van der Waals surface area contributed by atoms with E-state index in [1.807, 2.05) is 0 Å². The summed E-state index contributed by atoms with van der Waals surface area (Å²) in [4.78, 5) is 0. The molecule has 2 N–H and O–H groups in total. The van der Waals surface area contributed by atoms with Crippen molar-refractivity contribution < 1.29 is 10.2 Å². The third kappa shape index (κ3) is 3.08. The number of hydrogen-bond acceptors (Lipinski definition) is 2. The first-order chi connectivity index (χ1) is 11.0. The third-order valence-electron chi connectivity index (χ3n) is 6.70. The second kappa shape index (κ2) is 6.57. The van der Waals surface area contributed by atoms with Gasteiger partial charge in [-0.25, -0.2) is 0 Å². The first-order valence-corrected chi connectivity index (χ1v) is 9.20. The normalized spacial score (nSPS) is 44.8. The van der Waals surface area contributed by atoms with Gasteiger partial charge in [0.05, 0.1) is 12.2 Å². The first kappa shape index (κ1) is 17.0. The summed E-state index contributed by atoms with van der Waals surface area (Å²) in [6, 6.07) is 0. The first-order valence-electron chi connectivity index (χ1n) is 9.20. The highest BCUT2D eigenvalue weighted by atomic mass is 16.3. The van der Waals surface area contributed by atoms with E-state index in [1.54, 1.807) is 5.57 Å². The molecule has 3 rings (SSSR count). The third-order valence-corrected chi connectivity index (χ3v) is 6.70. The maximum atomic E-state index is 9.99. The summed E-state index contributed by atoms with van der Waals surface area (Å²) in [7, 11) is 0. The van der Waals surface area contributed by atoms with Crippen molar-refractivity contribution in [2.24, 2.45) is 17.3 Å². The predicted molar refractivity (Wildman–Crippen MR) is 94.7 cm³/mol. The van der Waals surface area contributed by atoms with Crippen LogP contribution in [0.5, 0.6) is 0 Å². The monoisotopic (exact) mass is 315 g/mol. The Labute approximate surface area is 141 Å². The summed E-state index contributed by atoms with van der Waals surface area (Å²) < 4.78 is 0. The van der Waals surface area contributed by atoms with Gasteiger partial charge in [-0.05, 0) is 73.3 Å². The van der Waals surface area contributed by atoms with Gasteiger partial charge in [0.2, 0.25) is 0 Å². The number of aliphatic hydroxyl groups excluding tert-OH is 2. The van der Waals surface area contributed by atoms with Crippen LogP contribution in [-0.2, 0) is 0 Å². The lowest BCUT2D eigenvalue weighted by atomic mass is 9.63. The molecular formula is C21H31O2. The van der Waals surface area contributed by atoms with E-state index in [9.17, 15) is 10.2 Å². The van der Waals surface area contributed by atoms with E-state index < -0.39 is 12.2 Å². The molecule has 0 aromatic carbocycles. The molecule has 3 aliphatic rings. The van der Waals surface area contributed by atoms with Crippen LogP contribution in [0.25, 0.3) is 0 Å². The van der Waals surface area contributed by atoms with Crippen molar-refractivity contribution in [1.82, 2.24) is 0 Å². The smallest absolute Gasteiger partial charge is 0.0811 e. The summed E-state index contributed by atoms with van der Waals surface area (Å²) in [6.45, 7) is 8.71. The van der Waals surface area contributed by atoms with Gasteiger partial charge < -0.3 is 10.2 Å². The van der Waals surface area contributed by atoms with Crippen LogP contribution in [0.2, 0.25) is 0 Å². The largest absolute Gasteiger partial charge is 0.393 e. The van der Waals surface area contributed by atoms with Crippen molar-refractivity contribution in [1.29, 1.82) is 0 Å². The van der Waals surface area contributed by atoms with Gasteiger partial charge in [0.15, 0.2) is 0 Å². The van der Waals surface area contributed by atoms with Crippen LogP contribution in [-0.4, -0.2) is 22.4 Å². The second-order valence-electron chi connectivity index (χ2n) is 8.00. The number of hydrogen-bond donors (Lipinski definition) is 2. The topological polar surface area (TPSA) is 40.5 Å². The van der Waals surface area contributed by atoms with E-state index in [0.29, 0.717) is 24.2 Å². The van der Waals surface area contributed by atoms with Gasteiger partial charge >= 0.3 is 0 Å². The van der Waals surface area contributed by atoms with Crippen LogP contribution >= 0.6 is 0 Å². The molecular weight excluding hydrogens is 284 g/mol. The fraction of sp³-hybridized carbons (Fsp3) is 0.667. The van der Waals surface area contributed by atoms with Gasteiger partial charge in [-0.1, -0.05) is 38.2 Å². The molecule has 0 aromatic heterocycles. The lowest BCUT2D eigenvalue weighted by Crippen LogP contribution is -2.33. The number of fused-ring (bicyclic) bond motifs is 1. The van der Waals surface area contributed by atoms with Gasteiger partial charge in [0.25, 0.3) is 0 Å². The number of aliphatic hydroxyl groups is 2. The highest BCUT2D eigenvalue weighted by molar-refractivity contribution is 5.38. The van der Waals surface area contributed by atoms with E-state index in [-0.39, 0.29) is 0 Å². The minimum Gasteiger partial charge on any atom is -0.393 e. The van der Waals surface area contributed by atoms with Crippen molar-refractivity contribution >= 4 is 0 Å². The molecule has 5 atom stereocenters. The van der Waals surface area contributed by atoms with Crippen molar-refractivity contribution in [3.05, 3.63) is 41.9 Å². The summed E-state index contributed by atoms with van der Waals surface area (Å²) >= 11 is 0. The molecule has 2 heteroatoms. The van der Waals surface area contributed by atoms with Crippen LogP contribution in [0, 0.1) is 23.7 Å². The Morgan fingerprint density at radius 2 is 2.00 bits per heavy atom. The molecule has 0 saturated heterocycles. The number of rotatable bonds is 2. The average molecular weight is 315 g/mol. The molecule has 127 valence electrons. The van der Waals surface area contributed by atoms with Crippen LogP contribution in [0.15, 0.2) is 35.5 Å². The standard InChI is InChI=1S/C21H31O2/c1-4-17-9-10-19-15(6-5-11-21(17,19)3)7-8-16-12-18(22)13-20(23)14(16)2/h4,7-8,17-20,22-23H,2,5-6,9-13H2,1,3H3/b15-7+,16-8-/t17-,18+,19-,20-,21+/m0/s1. The van der Waals surface area contributed by atoms with Crippen LogP contribution in [0.3, 0.4) is 0 Å². The van der Waals surface area contributed by atoms with E-state index in [1.165, 1.54) is 32.1 Å². The SMILES string of the molecule is C=C1/C(=C\C=C2/CCC[C@]3(C)[C@@H]([CH]C)CC[C@@H]23)C[C@@H](O)C[C@@H]1O. The van der Waals surface area contributed by atoms with Crippen LogP contribution < -0.4 is 0 Å². The van der Waals surface area contributed by atoms with Gasteiger partial charge in [-0.3, -0.25) is 0 Å². The summed E-state index contributed by atoms with van der Waals surface area (Å²) in [5.74, 6) is 1.44. The molecule has 0 unspecified atom stereocenters. The fourth-order valence-corrected chi connectivity index (χ4v) is 5.29. The molecule has 3 aliphatic carbocycles. The summed E-state index contributed by atoms with van der Waals surface area (Å²) in [6.07, 6.45) is 13.2. The molecule has 2 nitrogen and oxygen atoms in total. The van der Waals surface area contributed by atoms with E-state index >= 15 is 0 Å².